The van der Waals surface area contributed by atoms with E-state index in [0.29, 0.717) is 5.16 Å². The molecule has 0 fully saturated rings. The predicted molar refractivity (Wildman–Crippen MR) is 96.6 cm³/mol. The average molecular weight is 336 g/mol. The van der Waals surface area contributed by atoms with Crippen LogP contribution in [0.3, 0.4) is 0 Å². The summed E-state index contributed by atoms with van der Waals surface area (Å²) in [6, 6.07) is 16.2. The van der Waals surface area contributed by atoms with E-state index in [-0.39, 0.29) is 0 Å². The number of thioether (sulfide) groups is 1. The van der Waals surface area contributed by atoms with Crippen LogP contribution >= 0.6 is 11.8 Å². The predicted octanol–water partition coefficient (Wildman–Crippen LogP) is 3.85. The number of hydrogen-bond donors (Lipinski definition) is 1. The van der Waals surface area contributed by atoms with Gasteiger partial charge in [-0.15, -0.1) is 10.2 Å². The SMILES string of the molecule is COc1ccc(CCSc2nnc3c(n2)[nH]c2ccccc23)cc1. The van der Waals surface area contributed by atoms with E-state index in [0.717, 1.165) is 40.0 Å². The van der Waals surface area contributed by atoms with Gasteiger partial charge in [0.05, 0.1) is 7.11 Å². The topological polar surface area (TPSA) is 63.7 Å². The van der Waals surface area contributed by atoms with Gasteiger partial charge in [0.1, 0.15) is 11.3 Å². The van der Waals surface area contributed by atoms with Gasteiger partial charge in [0.25, 0.3) is 0 Å². The molecule has 2 aromatic carbocycles. The van der Waals surface area contributed by atoms with E-state index in [2.05, 4.69) is 32.3 Å². The van der Waals surface area contributed by atoms with Crippen molar-refractivity contribution in [1.82, 2.24) is 20.2 Å². The number of aromatic nitrogens is 4. The zero-order valence-corrected chi connectivity index (χ0v) is 14.0. The van der Waals surface area contributed by atoms with Crippen molar-refractivity contribution in [2.24, 2.45) is 0 Å². The van der Waals surface area contributed by atoms with Crippen molar-refractivity contribution >= 4 is 33.8 Å². The Morgan fingerprint density at radius 3 is 2.71 bits per heavy atom. The van der Waals surface area contributed by atoms with E-state index in [9.17, 15) is 0 Å². The molecule has 0 amide bonds. The summed E-state index contributed by atoms with van der Waals surface area (Å²) in [6.07, 6.45) is 0.947. The summed E-state index contributed by atoms with van der Waals surface area (Å²) in [6.45, 7) is 0. The number of methoxy groups -OCH3 is 1. The van der Waals surface area contributed by atoms with E-state index in [1.54, 1.807) is 18.9 Å². The summed E-state index contributed by atoms with van der Waals surface area (Å²) < 4.78 is 5.17. The number of aryl methyl sites for hydroxylation is 1. The highest BCUT2D eigenvalue weighted by Crippen LogP contribution is 2.23. The van der Waals surface area contributed by atoms with Crippen molar-refractivity contribution in [1.29, 1.82) is 0 Å². The van der Waals surface area contributed by atoms with Gasteiger partial charge in [0.15, 0.2) is 5.65 Å². The summed E-state index contributed by atoms with van der Waals surface area (Å²) >= 11 is 1.61. The lowest BCUT2D eigenvalue weighted by atomic mass is 10.2. The van der Waals surface area contributed by atoms with Gasteiger partial charge in [0.2, 0.25) is 5.16 Å². The van der Waals surface area contributed by atoms with Crippen LogP contribution in [-0.4, -0.2) is 33.0 Å². The minimum Gasteiger partial charge on any atom is -0.497 e. The van der Waals surface area contributed by atoms with E-state index in [1.165, 1.54) is 5.56 Å². The number of hydrogen-bond acceptors (Lipinski definition) is 5. The molecule has 0 aliphatic heterocycles. The minimum atomic E-state index is 0.697. The Morgan fingerprint density at radius 2 is 1.88 bits per heavy atom. The highest BCUT2D eigenvalue weighted by Gasteiger charge is 2.08. The lowest BCUT2D eigenvalue weighted by Crippen LogP contribution is -1.94. The number of aromatic amines is 1. The molecular formula is C18H16N4OS. The molecule has 0 bridgehead atoms. The van der Waals surface area contributed by atoms with Crippen molar-refractivity contribution in [2.45, 2.75) is 11.6 Å². The first-order valence-electron chi connectivity index (χ1n) is 7.70. The number of nitrogens with zero attached hydrogens (tertiary/aromatic N) is 3. The van der Waals surface area contributed by atoms with Crippen LogP contribution in [0.4, 0.5) is 0 Å². The Hall–Kier alpha value is -2.60. The lowest BCUT2D eigenvalue weighted by Gasteiger charge is -2.03. The molecule has 0 saturated carbocycles. The Kier molecular flexibility index (Phi) is 4.04. The van der Waals surface area contributed by atoms with Crippen molar-refractivity contribution in [3.05, 3.63) is 54.1 Å². The Bertz CT molecular complexity index is 981. The van der Waals surface area contributed by atoms with Crippen LogP contribution in [-0.2, 0) is 6.42 Å². The van der Waals surface area contributed by atoms with Gasteiger partial charge in [-0.3, -0.25) is 0 Å². The van der Waals surface area contributed by atoms with Gasteiger partial charge in [-0.25, -0.2) is 4.98 Å². The number of fused-ring (bicyclic) bond motifs is 3. The molecule has 0 unspecified atom stereocenters. The number of H-pyrrole nitrogens is 1. The maximum absolute atomic E-state index is 5.17. The van der Waals surface area contributed by atoms with Crippen molar-refractivity contribution < 1.29 is 4.74 Å². The molecular weight excluding hydrogens is 320 g/mol. The molecule has 0 spiro atoms. The van der Waals surface area contributed by atoms with Crippen LogP contribution in [0.5, 0.6) is 5.75 Å². The quantitative estimate of drug-likeness (QED) is 0.561. The van der Waals surface area contributed by atoms with Crippen LogP contribution in [0, 0.1) is 0 Å². The van der Waals surface area contributed by atoms with Crippen molar-refractivity contribution in [3.8, 4) is 5.75 Å². The fourth-order valence-corrected chi connectivity index (χ4v) is 3.39. The molecule has 0 aliphatic carbocycles. The van der Waals surface area contributed by atoms with Crippen molar-refractivity contribution in [2.75, 3.05) is 12.9 Å². The fourth-order valence-electron chi connectivity index (χ4n) is 2.62. The van der Waals surface area contributed by atoms with Crippen LogP contribution in [0.15, 0.2) is 53.7 Å². The first-order valence-corrected chi connectivity index (χ1v) is 8.69. The summed E-state index contributed by atoms with van der Waals surface area (Å²) in [4.78, 5) is 7.88. The Balaban J connectivity index is 1.47. The van der Waals surface area contributed by atoms with Crippen molar-refractivity contribution in [3.63, 3.8) is 0 Å². The van der Waals surface area contributed by atoms with Gasteiger partial charge in [-0.05, 0) is 30.2 Å². The second-order valence-electron chi connectivity index (χ2n) is 5.41. The largest absolute Gasteiger partial charge is 0.497 e. The third-order valence-electron chi connectivity index (χ3n) is 3.88. The molecule has 1 N–H and O–H groups in total. The number of para-hydroxylation sites is 1. The molecule has 4 aromatic rings. The summed E-state index contributed by atoms with van der Waals surface area (Å²) in [7, 11) is 1.68. The summed E-state index contributed by atoms with van der Waals surface area (Å²) in [5.74, 6) is 1.78. The molecule has 4 rings (SSSR count). The van der Waals surface area contributed by atoms with Crippen LogP contribution in [0.2, 0.25) is 0 Å². The Morgan fingerprint density at radius 1 is 1.04 bits per heavy atom. The molecule has 120 valence electrons. The zero-order valence-electron chi connectivity index (χ0n) is 13.2. The van der Waals surface area contributed by atoms with Gasteiger partial charge in [0, 0.05) is 16.7 Å². The second kappa shape index (κ2) is 6.49. The lowest BCUT2D eigenvalue weighted by molar-refractivity contribution is 0.414. The third kappa shape index (κ3) is 2.92. The van der Waals surface area contributed by atoms with Gasteiger partial charge < -0.3 is 9.72 Å². The Labute approximate surface area is 143 Å². The molecule has 0 radical (unpaired) electrons. The maximum Gasteiger partial charge on any atom is 0.211 e. The van der Waals surface area contributed by atoms with Gasteiger partial charge in [-0.2, -0.15) is 0 Å². The molecule has 0 atom stereocenters. The maximum atomic E-state index is 5.17. The fraction of sp³-hybridized carbons (Fsp3) is 0.167. The first-order chi connectivity index (χ1) is 11.8. The molecule has 6 heteroatoms. The normalized spacial score (nSPS) is 11.2. The monoisotopic (exact) mass is 336 g/mol. The smallest absolute Gasteiger partial charge is 0.211 e. The standard InChI is InChI=1S/C18H16N4OS/c1-23-13-8-6-12(7-9-13)10-11-24-18-20-17-16(21-22-18)14-4-2-3-5-15(14)19-17/h2-9H,10-11H2,1H3,(H,19,20,22). The third-order valence-corrected chi connectivity index (χ3v) is 4.72. The van der Waals surface area contributed by atoms with E-state index in [1.807, 2.05) is 36.4 Å². The summed E-state index contributed by atoms with van der Waals surface area (Å²) in [5, 5.41) is 10.3. The first kappa shape index (κ1) is 15.0. The molecule has 0 saturated heterocycles. The van der Waals surface area contributed by atoms with Crippen LogP contribution in [0.1, 0.15) is 5.56 Å². The molecule has 5 nitrogen and oxygen atoms in total. The highest BCUT2D eigenvalue weighted by atomic mass is 32.2. The number of benzene rings is 2. The van der Waals surface area contributed by atoms with Crippen LogP contribution in [0.25, 0.3) is 22.1 Å². The van der Waals surface area contributed by atoms with E-state index >= 15 is 0 Å². The average Bonchev–Trinajstić information content (AvgIpc) is 3.00. The summed E-state index contributed by atoms with van der Waals surface area (Å²) in [5.41, 5.74) is 3.92. The van der Waals surface area contributed by atoms with Crippen LogP contribution < -0.4 is 4.74 Å². The molecule has 2 aromatic heterocycles. The zero-order chi connectivity index (χ0) is 16.4. The molecule has 2 heterocycles. The minimum absolute atomic E-state index is 0.697. The number of nitrogens with one attached hydrogen (secondary N) is 1. The van der Waals surface area contributed by atoms with E-state index < -0.39 is 0 Å². The molecule has 0 aliphatic rings. The second-order valence-corrected chi connectivity index (χ2v) is 6.47. The van der Waals surface area contributed by atoms with E-state index in [4.69, 9.17) is 4.74 Å². The number of ether oxygens (including phenoxy) is 1. The molecule has 24 heavy (non-hydrogen) atoms. The highest BCUT2D eigenvalue weighted by molar-refractivity contribution is 7.99. The van der Waals surface area contributed by atoms with Gasteiger partial charge >= 0.3 is 0 Å². The number of rotatable bonds is 5. The van der Waals surface area contributed by atoms with Gasteiger partial charge in [-0.1, -0.05) is 42.1 Å².